The fourth-order valence-electron chi connectivity index (χ4n) is 3.07. The number of rotatable bonds is 5. The molecule has 3 aromatic carbocycles. The van der Waals surface area contributed by atoms with E-state index in [1.807, 2.05) is 30.3 Å². The lowest BCUT2D eigenvalue weighted by Gasteiger charge is -2.22. The van der Waals surface area contributed by atoms with Gasteiger partial charge in [0.05, 0.1) is 0 Å². The molecule has 1 atom stereocenters. The third-order valence-electron chi connectivity index (χ3n) is 4.06. The van der Waals surface area contributed by atoms with Crippen molar-refractivity contribution in [2.24, 2.45) is 5.73 Å². The van der Waals surface area contributed by atoms with Gasteiger partial charge in [-0.25, -0.2) is 0 Å². The summed E-state index contributed by atoms with van der Waals surface area (Å²) in [5.41, 5.74) is 10.4. The smallest absolute Gasteiger partial charge is 0.106 e. The summed E-state index contributed by atoms with van der Waals surface area (Å²) >= 11 is 0. The van der Waals surface area contributed by atoms with Gasteiger partial charge in [0.1, 0.15) is 6.23 Å². The topological polar surface area (TPSA) is 46.2 Å². The highest BCUT2D eigenvalue weighted by Gasteiger charge is 2.19. The fraction of sp³-hybridized carbons (Fsp3) is 0.143. The predicted octanol–water partition coefficient (Wildman–Crippen LogP) is 3.69. The molecule has 116 valence electrons. The van der Waals surface area contributed by atoms with E-state index in [1.165, 1.54) is 16.7 Å². The maximum atomic E-state index is 9.63. The van der Waals surface area contributed by atoms with Crippen LogP contribution in [0.15, 0.2) is 84.9 Å². The molecule has 0 heterocycles. The Labute approximate surface area is 137 Å². The Morgan fingerprint density at radius 2 is 1.17 bits per heavy atom. The molecule has 0 aliphatic heterocycles. The minimum absolute atomic E-state index is 0.132. The SMILES string of the molecule is NC(O)Cc1ccccc1C(c1ccccc1)c1ccccc1. The van der Waals surface area contributed by atoms with Gasteiger partial charge in [-0.15, -0.1) is 0 Å². The van der Waals surface area contributed by atoms with E-state index < -0.39 is 6.23 Å². The highest BCUT2D eigenvalue weighted by Crippen LogP contribution is 2.34. The molecule has 0 saturated heterocycles. The number of hydrogen-bond acceptors (Lipinski definition) is 2. The minimum Gasteiger partial charge on any atom is -0.378 e. The first-order chi connectivity index (χ1) is 11.3. The Bertz CT molecular complexity index is 699. The van der Waals surface area contributed by atoms with E-state index in [0.717, 1.165) is 5.56 Å². The molecule has 0 aliphatic rings. The van der Waals surface area contributed by atoms with Crippen molar-refractivity contribution in [3.63, 3.8) is 0 Å². The quantitative estimate of drug-likeness (QED) is 0.558. The third kappa shape index (κ3) is 3.67. The van der Waals surface area contributed by atoms with Crippen molar-refractivity contribution in [2.75, 3.05) is 0 Å². The van der Waals surface area contributed by atoms with Crippen LogP contribution in [0.5, 0.6) is 0 Å². The number of hydrogen-bond donors (Lipinski definition) is 2. The molecule has 23 heavy (non-hydrogen) atoms. The summed E-state index contributed by atoms with van der Waals surface area (Å²) in [4.78, 5) is 0. The van der Waals surface area contributed by atoms with E-state index in [2.05, 4.69) is 54.6 Å². The normalized spacial score (nSPS) is 12.3. The Morgan fingerprint density at radius 3 is 1.70 bits per heavy atom. The van der Waals surface area contributed by atoms with Crippen molar-refractivity contribution in [3.8, 4) is 0 Å². The summed E-state index contributed by atoms with van der Waals surface area (Å²) in [6.07, 6.45) is -0.393. The standard InChI is InChI=1S/C21H21NO/c22-20(23)15-18-13-7-8-14-19(18)21(16-9-3-1-4-10-16)17-11-5-2-6-12-17/h1-14,20-21,23H,15,22H2. The van der Waals surface area contributed by atoms with Crippen molar-refractivity contribution < 1.29 is 5.11 Å². The zero-order valence-electron chi connectivity index (χ0n) is 13.0. The average molecular weight is 303 g/mol. The molecule has 0 fully saturated rings. The highest BCUT2D eigenvalue weighted by atomic mass is 16.3. The van der Waals surface area contributed by atoms with Crippen molar-refractivity contribution >= 4 is 0 Å². The minimum atomic E-state index is -0.844. The van der Waals surface area contributed by atoms with E-state index >= 15 is 0 Å². The second kappa shape index (κ2) is 7.23. The van der Waals surface area contributed by atoms with Crippen LogP contribution in [-0.2, 0) is 6.42 Å². The van der Waals surface area contributed by atoms with Gasteiger partial charge in [0.2, 0.25) is 0 Å². The Kier molecular flexibility index (Phi) is 4.86. The zero-order chi connectivity index (χ0) is 16.1. The highest BCUT2D eigenvalue weighted by molar-refractivity contribution is 5.46. The molecule has 3 rings (SSSR count). The second-order valence-corrected chi connectivity index (χ2v) is 5.72. The fourth-order valence-corrected chi connectivity index (χ4v) is 3.07. The molecule has 0 aliphatic carbocycles. The predicted molar refractivity (Wildman–Crippen MR) is 94.2 cm³/mol. The van der Waals surface area contributed by atoms with Crippen molar-refractivity contribution in [1.29, 1.82) is 0 Å². The van der Waals surface area contributed by atoms with Crippen LogP contribution in [-0.4, -0.2) is 11.3 Å². The van der Waals surface area contributed by atoms with E-state index in [4.69, 9.17) is 5.73 Å². The molecule has 0 saturated carbocycles. The molecule has 0 bridgehead atoms. The molecule has 0 amide bonds. The Balaban J connectivity index is 2.14. The van der Waals surface area contributed by atoms with Crippen LogP contribution in [0.4, 0.5) is 0 Å². The summed E-state index contributed by atoms with van der Waals surface area (Å²) in [5, 5.41) is 9.63. The van der Waals surface area contributed by atoms with Gasteiger partial charge >= 0.3 is 0 Å². The largest absolute Gasteiger partial charge is 0.378 e. The number of aliphatic hydroxyl groups is 1. The van der Waals surface area contributed by atoms with E-state index in [-0.39, 0.29) is 5.92 Å². The van der Waals surface area contributed by atoms with Gasteiger partial charge in [-0.2, -0.15) is 0 Å². The van der Waals surface area contributed by atoms with E-state index in [1.54, 1.807) is 0 Å². The molecule has 0 radical (unpaired) electrons. The first kappa shape index (κ1) is 15.5. The summed E-state index contributed by atoms with van der Waals surface area (Å²) < 4.78 is 0. The zero-order valence-corrected chi connectivity index (χ0v) is 13.0. The van der Waals surface area contributed by atoms with Crippen LogP contribution < -0.4 is 5.73 Å². The third-order valence-corrected chi connectivity index (χ3v) is 4.06. The number of benzene rings is 3. The average Bonchev–Trinajstić information content (AvgIpc) is 2.58. The van der Waals surface area contributed by atoms with Crippen LogP contribution >= 0.6 is 0 Å². The molecular weight excluding hydrogens is 282 g/mol. The molecule has 3 aromatic rings. The summed E-state index contributed by atoms with van der Waals surface area (Å²) in [5.74, 6) is 0.132. The molecule has 2 heteroatoms. The van der Waals surface area contributed by atoms with E-state index in [9.17, 15) is 5.11 Å². The molecule has 0 aromatic heterocycles. The number of aliphatic hydroxyl groups excluding tert-OH is 1. The Morgan fingerprint density at radius 1 is 0.696 bits per heavy atom. The molecular formula is C21H21NO. The Hall–Kier alpha value is -2.42. The van der Waals surface area contributed by atoms with Crippen LogP contribution in [0.1, 0.15) is 28.2 Å². The lowest BCUT2D eigenvalue weighted by Crippen LogP contribution is -2.22. The monoisotopic (exact) mass is 303 g/mol. The van der Waals surface area contributed by atoms with Gasteiger partial charge in [-0.1, -0.05) is 84.9 Å². The van der Waals surface area contributed by atoms with Crippen LogP contribution in [0.2, 0.25) is 0 Å². The lowest BCUT2D eigenvalue weighted by atomic mass is 9.82. The van der Waals surface area contributed by atoms with Gasteiger partial charge < -0.3 is 10.8 Å². The van der Waals surface area contributed by atoms with Crippen molar-refractivity contribution in [3.05, 3.63) is 107 Å². The van der Waals surface area contributed by atoms with Crippen LogP contribution in [0.25, 0.3) is 0 Å². The van der Waals surface area contributed by atoms with Gasteiger partial charge in [0, 0.05) is 12.3 Å². The van der Waals surface area contributed by atoms with E-state index in [0.29, 0.717) is 6.42 Å². The summed E-state index contributed by atoms with van der Waals surface area (Å²) in [6, 6.07) is 29.1. The molecule has 0 spiro atoms. The first-order valence-electron chi connectivity index (χ1n) is 7.87. The molecule has 1 unspecified atom stereocenters. The van der Waals surface area contributed by atoms with Gasteiger partial charge in [-0.05, 0) is 22.3 Å². The lowest BCUT2D eigenvalue weighted by molar-refractivity contribution is 0.182. The maximum Gasteiger partial charge on any atom is 0.106 e. The maximum absolute atomic E-state index is 9.63. The molecule has 2 nitrogen and oxygen atoms in total. The first-order valence-corrected chi connectivity index (χ1v) is 7.87. The second-order valence-electron chi connectivity index (χ2n) is 5.72. The summed E-state index contributed by atoms with van der Waals surface area (Å²) in [7, 11) is 0. The van der Waals surface area contributed by atoms with Gasteiger partial charge in [0.25, 0.3) is 0 Å². The molecule has 3 N–H and O–H groups in total. The van der Waals surface area contributed by atoms with Crippen molar-refractivity contribution in [2.45, 2.75) is 18.6 Å². The van der Waals surface area contributed by atoms with Crippen molar-refractivity contribution in [1.82, 2.24) is 0 Å². The van der Waals surface area contributed by atoms with Gasteiger partial charge in [0.15, 0.2) is 0 Å². The summed E-state index contributed by atoms with van der Waals surface area (Å²) in [6.45, 7) is 0. The van der Waals surface area contributed by atoms with Gasteiger partial charge in [-0.3, -0.25) is 0 Å². The van der Waals surface area contributed by atoms with Crippen LogP contribution in [0.3, 0.4) is 0 Å². The van der Waals surface area contributed by atoms with Crippen LogP contribution in [0, 0.1) is 0 Å². The number of nitrogens with two attached hydrogens (primary N) is 1.